The Balaban J connectivity index is 1.33. The number of nitrogens with zero attached hydrogens (tertiary/aromatic N) is 4. The third-order valence-corrected chi connectivity index (χ3v) is 6.10. The molecule has 0 bridgehead atoms. The number of nitrogen functional groups attached to an aromatic ring is 1. The predicted molar refractivity (Wildman–Crippen MR) is 135 cm³/mol. The lowest BCUT2D eigenvalue weighted by atomic mass is 10.2. The van der Waals surface area contributed by atoms with Gasteiger partial charge >= 0.3 is 0 Å². The minimum absolute atomic E-state index is 0.205. The van der Waals surface area contributed by atoms with Gasteiger partial charge in [0.25, 0.3) is 0 Å². The molecule has 0 saturated carbocycles. The fourth-order valence-corrected chi connectivity index (χ4v) is 4.34. The number of halogens is 2. The number of anilines is 3. The molecule has 0 unspecified atom stereocenters. The quantitative estimate of drug-likeness (QED) is 0.303. The van der Waals surface area contributed by atoms with Crippen molar-refractivity contribution in [3.63, 3.8) is 0 Å². The Bertz CT molecular complexity index is 1600. The standard InChI is InChI=1S/C25H16ClFN6OS/c26-20-9-17(5-7-22(20)34-13-15-2-1-3-16(27)8-15)33-25-24-21(30-14-31-25)10-19(35-24)6-4-18-11-29-12-23(28)32-18/h1-3,5,7-12,14H,13H2,(H2,28,32)(H,30,31,33). The minimum atomic E-state index is -0.311. The van der Waals surface area contributed by atoms with Crippen LogP contribution in [0.4, 0.5) is 21.7 Å². The average molecular weight is 503 g/mol. The van der Waals surface area contributed by atoms with E-state index < -0.39 is 0 Å². The number of fused-ring (bicyclic) bond motifs is 1. The van der Waals surface area contributed by atoms with Gasteiger partial charge in [0.1, 0.15) is 36.0 Å². The summed E-state index contributed by atoms with van der Waals surface area (Å²) in [4.78, 5) is 17.6. The molecule has 5 aromatic rings. The number of hydrogen-bond donors (Lipinski definition) is 2. The molecule has 0 radical (unpaired) electrons. The van der Waals surface area contributed by atoms with E-state index in [1.807, 2.05) is 12.1 Å². The van der Waals surface area contributed by atoms with Crippen molar-refractivity contribution in [2.45, 2.75) is 6.61 Å². The second-order valence-corrected chi connectivity index (χ2v) is 8.77. The summed E-state index contributed by atoms with van der Waals surface area (Å²) >= 11 is 7.87. The van der Waals surface area contributed by atoms with Gasteiger partial charge in [0.05, 0.1) is 32.5 Å². The maximum Gasteiger partial charge on any atom is 0.151 e. The Kier molecular flexibility index (Phi) is 6.39. The van der Waals surface area contributed by atoms with E-state index in [2.05, 4.69) is 37.1 Å². The first-order valence-electron chi connectivity index (χ1n) is 10.3. The highest BCUT2D eigenvalue weighted by Crippen LogP contribution is 2.33. The number of thiophene rings is 1. The molecule has 5 rings (SSSR count). The SMILES string of the molecule is Nc1cncc(C#Cc2cc3ncnc(Nc4ccc(OCc5cccc(F)c5)c(Cl)c4)c3s2)n1. The summed E-state index contributed by atoms with van der Waals surface area (Å²) in [6.07, 6.45) is 4.50. The summed E-state index contributed by atoms with van der Waals surface area (Å²) in [5.41, 5.74) is 8.34. The zero-order valence-corrected chi connectivity index (χ0v) is 19.6. The van der Waals surface area contributed by atoms with Gasteiger partial charge in [-0.1, -0.05) is 23.7 Å². The second-order valence-electron chi connectivity index (χ2n) is 7.32. The maximum atomic E-state index is 13.4. The molecule has 0 atom stereocenters. The highest BCUT2D eigenvalue weighted by Gasteiger charge is 2.10. The molecule has 0 spiro atoms. The Labute approximate surface area is 208 Å². The normalized spacial score (nSPS) is 10.6. The van der Waals surface area contributed by atoms with Crippen LogP contribution in [0.2, 0.25) is 5.02 Å². The van der Waals surface area contributed by atoms with Crippen molar-refractivity contribution in [2.75, 3.05) is 11.1 Å². The van der Waals surface area contributed by atoms with Crippen LogP contribution >= 0.6 is 22.9 Å². The molecule has 0 amide bonds. The fraction of sp³-hybridized carbons (Fsp3) is 0.0400. The molecule has 0 aliphatic carbocycles. The Morgan fingerprint density at radius 1 is 1.09 bits per heavy atom. The maximum absolute atomic E-state index is 13.4. The van der Waals surface area contributed by atoms with E-state index >= 15 is 0 Å². The molecule has 7 nitrogen and oxygen atoms in total. The van der Waals surface area contributed by atoms with E-state index in [9.17, 15) is 4.39 Å². The third-order valence-electron chi connectivity index (χ3n) is 4.76. The first-order valence-corrected chi connectivity index (χ1v) is 11.5. The van der Waals surface area contributed by atoms with E-state index in [1.54, 1.807) is 30.5 Å². The van der Waals surface area contributed by atoms with Crippen molar-refractivity contribution in [2.24, 2.45) is 0 Å². The Hall–Kier alpha value is -4.26. The molecule has 35 heavy (non-hydrogen) atoms. The molecule has 3 N–H and O–H groups in total. The first-order chi connectivity index (χ1) is 17.0. The van der Waals surface area contributed by atoms with Gasteiger partial charge in [-0.05, 0) is 53.8 Å². The minimum Gasteiger partial charge on any atom is -0.487 e. The van der Waals surface area contributed by atoms with E-state index in [1.165, 1.54) is 36.0 Å². The van der Waals surface area contributed by atoms with Gasteiger partial charge in [-0.15, -0.1) is 11.3 Å². The van der Waals surface area contributed by atoms with Crippen LogP contribution in [-0.4, -0.2) is 19.9 Å². The first kappa shape index (κ1) is 22.5. The molecular formula is C25H16ClFN6OS. The number of aromatic nitrogens is 4. The van der Waals surface area contributed by atoms with Crippen LogP contribution in [0.25, 0.3) is 10.2 Å². The predicted octanol–water partition coefficient (Wildman–Crippen LogP) is 5.58. The fourth-order valence-electron chi connectivity index (χ4n) is 3.19. The molecule has 0 saturated heterocycles. The van der Waals surface area contributed by atoms with Crippen LogP contribution in [0.1, 0.15) is 16.1 Å². The Morgan fingerprint density at radius 3 is 2.83 bits per heavy atom. The number of benzene rings is 2. The van der Waals surface area contributed by atoms with Crippen molar-refractivity contribution in [1.82, 2.24) is 19.9 Å². The van der Waals surface area contributed by atoms with Gasteiger partial charge in [0.2, 0.25) is 0 Å². The van der Waals surface area contributed by atoms with Crippen LogP contribution in [-0.2, 0) is 6.61 Å². The second kappa shape index (κ2) is 9.93. The summed E-state index contributed by atoms with van der Waals surface area (Å²) in [5, 5.41) is 3.69. The number of ether oxygens (including phenoxy) is 1. The van der Waals surface area contributed by atoms with Crippen LogP contribution < -0.4 is 15.8 Å². The van der Waals surface area contributed by atoms with Crippen molar-refractivity contribution < 1.29 is 9.13 Å². The highest BCUT2D eigenvalue weighted by molar-refractivity contribution is 7.20. The largest absolute Gasteiger partial charge is 0.487 e. The van der Waals surface area contributed by atoms with Gasteiger partial charge in [-0.25, -0.2) is 19.3 Å². The number of nitrogens with one attached hydrogen (secondary N) is 1. The third kappa shape index (κ3) is 5.46. The molecule has 0 aliphatic rings. The lowest BCUT2D eigenvalue weighted by Gasteiger charge is -2.11. The van der Waals surface area contributed by atoms with E-state index in [0.717, 1.165) is 20.8 Å². The smallest absolute Gasteiger partial charge is 0.151 e. The van der Waals surface area contributed by atoms with Crippen molar-refractivity contribution in [3.05, 3.63) is 94.2 Å². The summed E-state index contributed by atoms with van der Waals surface area (Å²) in [5.74, 6) is 7.15. The van der Waals surface area contributed by atoms with Gasteiger partial charge in [0, 0.05) is 5.69 Å². The lowest BCUT2D eigenvalue weighted by molar-refractivity contribution is 0.306. The molecule has 2 aromatic carbocycles. The number of nitrogens with two attached hydrogens (primary N) is 1. The lowest BCUT2D eigenvalue weighted by Crippen LogP contribution is -1.98. The topological polar surface area (TPSA) is 98.8 Å². The summed E-state index contributed by atoms with van der Waals surface area (Å²) in [7, 11) is 0. The Morgan fingerprint density at radius 2 is 2.00 bits per heavy atom. The van der Waals surface area contributed by atoms with Crippen LogP contribution in [0.3, 0.4) is 0 Å². The van der Waals surface area contributed by atoms with E-state index in [4.69, 9.17) is 22.1 Å². The summed E-state index contributed by atoms with van der Waals surface area (Å²) < 4.78 is 20.0. The summed E-state index contributed by atoms with van der Waals surface area (Å²) in [6, 6.07) is 13.4. The monoisotopic (exact) mass is 502 g/mol. The summed E-state index contributed by atoms with van der Waals surface area (Å²) in [6.45, 7) is 0.205. The van der Waals surface area contributed by atoms with Gasteiger partial charge in [-0.2, -0.15) is 0 Å². The molecule has 3 aromatic heterocycles. The van der Waals surface area contributed by atoms with E-state index in [-0.39, 0.29) is 12.4 Å². The van der Waals surface area contributed by atoms with Gasteiger partial charge in [0.15, 0.2) is 5.82 Å². The number of rotatable bonds is 5. The molecule has 0 fully saturated rings. The van der Waals surface area contributed by atoms with Crippen molar-refractivity contribution >= 4 is 50.5 Å². The average Bonchev–Trinajstić information content (AvgIpc) is 3.27. The molecule has 10 heteroatoms. The zero-order chi connectivity index (χ0) is 24.2. The number of hydrogen-bond acceptors (Lipinski definition) is 8. The van der Waals surface area contributed by atoms with Crippen LogP contribution in [0.5, 0.6) is 5.75 Å². The van der Waals surface area contributed by atoms with Crippen molar-refractivity contribution in [3.8, 4) is 17.6 Å². The van der Waals surface area contributed by atoms with Crippen molar-refractivity contribution in [1.29, 1.82) is 0 Å². The molecule has 172 valence electrons. The molecule has 0 aliphatic heterocycles. The van der Waals surface area contributed by atoms with Crippen LogP contribution in [0.15, 0.2) is 67.3 Å². The van der Waals surface area contributed by atoms with Crippen LogP contribution in [0, 0.1) is 17.7 Å². The van der Waals surface area contributed by atoms with Gasteiger partial charge in [-0.3, -0.25) is 4.98 Å². The zero-order valence-electron chi connectivity index (χ0n) is 18.0. The molecule has 3 heterocycles. The molecular weight excluding hydrogens is 487 g/mol. The highest BCUT2D eigenvalue weighted by atomic mass is 35.5. The van der Waals surface area contributed by atoms with E-state index in [0.29, 0.717) is 33.7 Å². The van der Waals surface area contributed by atoms with Gasteiger partial charge < -0.3 is 15.8 Å².